The Labute approximate surface area is 175 Å². The number of rotatable bonds is 8. The molecule has 1 aromatic rings. The zero-order valence-electron chi connectivity index (χ0n) is 17.8. The average Bonchev–Trinajstić information content (AvgIpc) is 2.96. The van der Waals surface area contributed by atoms with Crippen LogP contribution in [0.1, 0.15) is 51.0 Å². The lowest BCUT2D eigenvalue weighted by molar-refractivity contribution is -0.119. The zero-order chi connectivity index (χ0) is 20.5. The predicted octanol–water partition coefficient (Wildman–Crippen LogP) is 2.40. The summed E-state index contributed by atoms with van der Waals surface area (Å²) in [7, 11) is 0. The summed E-state index contributed by atoms with van der Waals surface area (Å²) in [5.41, 5.74) is 1.22. The van der Waals surface area contributed by atoms with Gasteiger partial charge in [0.05, 0.1) is 0 Å². The van der Waals surface area contributed by atoms with Crippen LogP contribution in [-0.2, 0) is 11.3 Å². The van der Waals surface area contributed by atoms with E-state index in [1.807, 2.05) is 12.1 Å². The Hall–Kier alpha value is -1.63. The number of hydrogen-bond donors (Lipinski definition) is 2. The van der Waals surface area contributed by atoms with Crippen molar-refractivity contribution < 1.29 is 14.6 Å². The first-order valence-corrected chi connectivity index (χ1v) is 11.2. The number of nitrogens with one attached hydrogen (secondary N) is 1. The number of carbonyl (C=O) groups excluding carboxylic acids is 1. The van der Waals surface area contributed by atoms with Crippen LogP contribution >= 0.6 is 0 Å². The first kappa shape index (κ1) is 22.1. The van der Waals surface area contributed by atoms with Crippen molar-refractivity contribution in [2.45, 2.75) is 64.1 Å². The molecule has 0 aliphatic carbocycles. The summed E-state index contributed by atoms with van der Waals surface area (Å²) >= 11 is 0. The zero-order valence-corrected chi connectivity index (χ0v) is 17.8. The highest BCUT2D eigenvalue weighted by atomic mass is 16.5. The number of aliphatic hydroxyl groups excluding tert-OH is 1. The fourth-order valence-electron chi connectivity index (χ4n) is 4.38. The number of carbonyl (C=O) groups is 1. The average molecular weight is 404 g/mol. The lowest BCUT2D eigenvalue weighted by Crippen LogP contribution is -2.43. The van der Waals surface area contributed by atoms with Gasteiger partial charge in [-0.15, -0.1) is 0 Å². The molecule has 2 saturated heterocycles. The molecule has 0 aromatic heterocycles. The van der Waals surface area contributed by atoms with Crippen molar-refractivity contribution in [1.82, 2.24) is 15.1 Å². The smallest absolute Gasteiger partial charge is 0.217 e. The highest BCUT2D eigenvalue weighted by molar-refractivity contribution is 5.73. The summed E-state index contributed by atoms with van der Waals surface area (Å²) in [4.78, 5) is 16.0. The van der Waals surface area contributed by atoms with E-state index >= 15 is 0 Å². The molecule has 0 unspecified atom stereocenters. The Morgan fingerprint density at radius 3 is 2.55 bits per heavy atom. The maximum absolute atomic E-state index is 11.2. The van der Waals surface area contributed by atoms with Gasteiger partial charge < -0.3 is 20.1 Å². The first-order valence-electron chi connectivity index (χ1n) is 11.2. The second-order valence-electron chi connectivity index (χ2n) is 8.58. The molecule has 29 heavy (non-hydrogen) atoms. The number of likely N-dealkylation sites (tertiary alicyclic amines) is 2. The quantitative estimate of drug-likeness (QED) is 0.698. The van der Waals surface area contributed by atoms with Gasteiger partial charge in [0.25, 0.3) is 0 Å². The van der Waals surface area contributed by atoms with E-state index in [0.29, 0.717) is 19.2 Å². The fourth-order valence-corrected chi connectivity index (χ4v) is 4.38. The molecule has 1 aromatic carbocycles. The molecule has 6 nitrogen and oxygen atoms in total. The molecule has 2 fully saturated rings. The maximum atomic E-state index is 11.2. The Morgan fingerprint density at radius 2 is 1.86 bits per heavy atom. The summed E-state index contributed by atoms with van der Waals surface area (Å²) in [6, 6.07) is 8.50. The van der Waals surface area contributed by atoms with Gasteiger partial charge in [0.1, 0.15) is 18.5 Å². The maximum Gasteiger partial charge on any atom is 0.217 e. The number of aliphatic hydroxyl groups is 1. The standard InChI is InChI=1S/C23H37N3O3/c1-19(27)24-21-9-13-26(14-10-21)16-20-7-6-8-23(15-20)29-18-22(28)17-25-11-4-2-3-5-12-25/h6-8,15,21-22,28H,2-5,9-14,16-18H2,1H3,(H,24,27)/t22-/m0/s1. The SMILES string of the molecule is CC(=O)NC1CCN(Cc2cccc(OC[C@@H](O)CN3CCCCCC3)c2)CC1. The van der Waals surface area contributed by atoms with Crippen molar-refractivity contribution in [1.29, 1.82) is 0 Å². The van der Waals surface area contributed by atoms with Crippen molar-refractivity contribution in [3.05, 3.63) is 29.8 Å². The van der Waals surface area contributed by atoms with Crippen molar-refractivity contribution >= 4 is 5.91 Å². The van der Waals surface area contributed by atoms with Gasteiger partial charge in [-0.3, -0.25) is 9.69 Å². The molecule has 6 heteroatoms. The molecule has 3 rings (SSSR count). The van der Waals surface area contributed by atoms with Gasteiger partial charge in [-0.25, -0.2) is 0 Å². The van der Waals surface area contributed by atoms with Crippen molar-refractivity contribution in [3.63, 3.8) is 0 Å². The monoisotopic (exact) mass is 403 g/mol. The molecule has 2 heterocycles. The van der Waals surface area contributed by atoms with Gasteiger partial charge in [0.15, 0.2) is 0 Å². The molecular weight excluding hydrogens is 366 g/mol. The highest BCUT2D eigenvalue weighted by Crippen LogP contribution is 2.18. The molecule has 2 aliphatic rings. The molecular formula is C23H37N3O3. The number of hydrogen-bond acceptors (Lipinski definition) is 5. The van der Waals surface area contributed by atoms with Crippen LogP contribution in [0, 0.1) is 0 Å². The minimum absolute atomic E-state index is 0.0614. The predicted molar refractivity (Wildman–Crippen MR) is 115 cm³/mol. The number of piperidine rings is 1. The molecule has 162 valence electrons. The molecule has 0 bridgehead atoms. The number of nitrogens with zero attached hydrogens (tertiary/aromatic N) is 2. The molecule has 0 spiro atoms. The number of β-amino-alcohol motifs (C(OH)–C–C–N with tert-alkyl or cyclic N) is 1. The third-order valence-corrected chi connectivity index (χ3v) is 5.91. The van der Waals surface area contributed by atoms with Gasteiger partial charge in [0, 0.05) is 39.1 Å². The Bertz CT molecular complexity index is 624. The summed E-state index contributed by atoms with van der Waals surface area (Å²) < 4.78 is 5.89. The number of benzene rings is 1. The van der Waals surface area contributed by atoms with Gasteiger partial charge in [-0.1, -0.05) is 25.0 Å². The van der Waals surface area contributed by atoms with Gasteiger partial charge >= 0.3 is 0 Å². The van der Waals surface area contributed by atoms with Crippen LogP contribution in [0.2, 0.25) is 0 Å². The lowest BCUT2D eigenvalue weighted by atomic mass is 10.0. The Balaban J connectivity index is 1.40. The summed E-state index contributed by atoms with van der Waals surface area (Å²) in [6.45, 7) is 7.67. The summed E-state index contributed by atoms with van der Waals surface area (Å²) in [5.74, 6) is 0.886. The third-order valence-electron chi connectivity index (χ3n) is 5.91. The first-order chi connectivity index (χ1) is 14.1. The van der Waals surface area contributed by atoms with Crippen LogP contribution in [0.15, 0.2) is 24.3 Å². The Kier molecular flexibility index (Phi) is 8.77. The lowest BCUT2D eigenvalue weighted by Gasteiger charge is -2.32. The van der Waals surface area contributed by atoms with Crippen molar-refractivity contribution in [2.24, 2.45) is 0 Å². The second-order valence-corrected chi connectivity index (χ2v) is 8.58. The van der Waals surface area contributed by atoms with Crippen LogP contribution in [0.3, 0.4) is 0 Å². The van der Waals surface area contributed by atoms with E-state index in [-0.39, 0.29) is 5.91 Å². The van der Waals surface area contributed by atoms with Gasteiger partial charge in [-0.2, -0.15) is 0 Å². The van der Waals surface area contributed by atoms with Crippen LogP contribution < -0.4 is 10.1 Å². The minimum atomic E-state index is -0.454. The van der Waals surface area contributed by atoms with Crippen LogP contribution in [0.25, 0.3) is 0 Å². The molecule has 0 saturated carbocycles. The van der Waals surface area contributed by atoms with E-state index in [9.17, 15) is 9.90 Å². The number of amides is 1. The van der Waals surface area contributed by atoms with E-state index in [1.54, 1.807) is 6.92 Å². The molecule has 1 atom stereocenters. The van der Waals surface area contributed by atoms with Gasteiger partial charge in [0.2, 0.25) is 5.91 Å². The summed E-state index contributed by atoms with van der Waals surface area (Å²) in [5, 5.41) is 13.4. The highest BCUT2D eigenvalue weighted by Gasteiger charge is 2.20. The van der Waals surface area contributed by atoms with Crippen LogP contribution in [-0.4, -0.2) is 72.3 Å². The number of ether oxygens (including phenoxy) is 1. The molecule has 2 aliphatic heterocycles. The Morgan fingerprint density at radius 1 is 1.14 bits per heavy atom. The topological polar surface area (TPSA) is 65.0 Å². The van der Waals surface area contributed by atoms with Gasteiger partial charge in [-0.05, 0) is 56.5 Å². The molecule has 0 radical (unpaired) electrons. The molecule has 2 N–H and O–H groups in total. The van der Waals surface area contributed by atoms with E-state index < -0.39 is 6.10 Å². The molecule has 1 amide bonds. The fraction of sp³-hybridized carbons (Fsp3) is 0.696. The van der Waals surface area contributed by atoms with E-state index in [1.165, 1.54) is 31.2 Å². The van der Waals surface area contributed by atoms with Crippen molar-refractivity contribution in [3.8, 4) is 5.75 Å². The van der Waals surface area contributed by atoms with Crippen molar-refractivity contribution in [2.75, 3.05) is 39.3 Å². The normalized spacial score (nSPS) is 20.8. The van der Waals surface area contributed by atoms with E-state index in [2.05, 4.69) is 27.2 Å². The van der Waals surface area contributed by atoms with Crippen LogP contribution in [0.5, 0.6) is 5.75 Å². The largest absolute Gasteiger partial charge is 0.491 e. The second kappa shape index (κ2) is 11.5. The third kappa shape index (κ3) is 7.96. The van der Waals surface area contributed by atoms with Crippen LogP contribution in [0.4, 0.5) is 0 Å². The van der Waals surface area contributed by atoms with E-state index in [4.69, 9.17) is 4.74 Å². The summed E-state index contributed by atoms with van der Waals surface area (Å²) in [6.07, 6.45) is 6.62. The van der Waals surface area contributed by atoms with E-state index in [0.717, 1.165) is 51.3 Å². The minimum Gasteiger partial charge on any atom is -0.491 e.